The van der Waals surface area contributed by atoms with E-state index in [1.807, 2.05) is 30.9 Å². The first kappa shape index (κ1) is 18.6. The van der Waals surface area contributed by atoms with E-state index in [0.29, 0.717) is 13.1 Å². The number of carbonyl (C=O) groups is 2. The third-order valence-corrected chi connectivity index (χ3v) is 5.68. The van der Waals surface area contributed by atoms with Gasteiger partial charge < -0.3 is 15.1 Å². The molecule has 8 heteroatoms. The molecule has 3 rings (SSSR count). The second kappa shape index (κ2) is 8.44. The summed E-state index contributed by atoms with van der Waals surface area (Å²) in [7, 11) is 0. The van der Waals surface area contributed by atoms with Crippen molar-refractivity contribution in [2.45, 2.75) is 39.2 Å². The number of nitrogens with zero attached hydrogens (tertiary/aromatic N) is 4. The molecule has 3 heterocycles. The Morgan fingerprint density at radius 2 is 2.04 bits per heavy atom. The zero-order valence-electron chi connectivity index (χ0n) is 15.3. The Morgan fingerprint density at radius 1 is 1.27 bits per heavy atom. The molecule has 1 unspecified atom stereocenters. The quantitative estimate of drug-likeness (QED) is 0.836. The van der Waals surface area contributed by atoms with Crippen LogP contribution in [0.5, 0.6) is 0 Å². The van der Waals surface area contributed by atoms with Crippen LogP contribution in [0.4, 0.5) is 5.13 Å². The number of anilines is 1. The normalized spacial score (nSPS) is 15.9. The van der Waals surface area contributed by atoms with Gasteiger partial charge in [0.2, 0.25) is 11.8 Å². The monoisotopic (exact) mass is 375 g/mol. The van der Waals surface area contributed by atoms with Crippen molar-refractivity contribution in [3.8, 4) is 0 Å². The highest BCUT2D eigenvalue weighted by Gasteiger charge is 2.23. The van der Waals surface area contributed by atoms with Crippen LogP contribution in [-0.4, -0.2) is 58.9 Å². The summed E-state index contributed by atoms with van der Waals surface area (Å²) in [5, 5.41) is 3.86. The number of carbonyl (C=O) groups excluding carboxylic acids is 2. The summed E-state index contributed by atoms with van der Waals surface area (Å²) in [5.74, 6) is 0.00299. The topological polar surface area (TPSA) is 78.4 Å². The van der Waals surface area contributed by atoms with E-state index in [0.717, 1.165) is 35.0 Å². The number of piperazine rings is 1. The highest BCUT2D eigenvalue weighted by molar-refractivity contribution is 7.21. The van der Waals surface area contributed by atoms with Gasteiger partial charge in [-0.15, -0.1) is 0 Å². The van der Waals surface area contributed by atoms with E-state index in [9.17, 15) is 9.59 Å². The Kier molecular flexibility index (Phi) is 6.03. The minimum absolute atomic E-state index is 0.0479. The van der Waals surface area contributed by atoms with Gasteiger partial charge in [-0.05, 0) is 25.5 Å². The van der Waals surface area contributed by atoms with E-state index in [2.05, 4.69) is 20.2 Å². The molecule has 0 radical (unpaired) electrons. The second-order valence-electron chi connectivity index (χ2n) is 6.57. The molecule has 7 nitrogen and oxygen atoms in total. The maximum Gasteiger partial charge on any atom is 0.223 e. The molecule has 0 aromatic carbocycles. The lowest BCUT2D eigenvalue weighted by Gasteiger charge is -2.34. The predicted molar refractivity (Wildman–Crippen MR) is 103 cm³/mol. The fourth-order valence-electron chi connectivity index (χ4n) is 2.87. The van der Waals surface area contributed by atoms with Crippen molar-refractivity contribution in [1.29, 1.82) is 0 Å². The number of aromatic nitrogens is 2. The van der Waals surface area contributed by atoms with Crippen molar-refractivity contribution < 1.29 is 9.59 Å². The average molecular weight is 375 g/mol. The summed E-state index contributed by atoms with van der Waals surface area (Å²) in [5.41, 5.74) is 0.915. The van der Waals surface area contributed by atoms with Gasteiger partial charge >= 0.3 is 0 Å². The molecular weight excluding hydrogens is 350 g/mol. The van der Waals surface area contributed by atoms with Gasteiger partial charge in [0.25, 0.3) is 0 Å². The van der Waals surface area contributed by atoms with Gasteiger partial charge in [0.15, 0.2) is 5.13 Å². The van der Waals surface area contributed by atoms with Crippen LogP contribution in [-0.2, 0) is 9.59 Å². The largest absolute Gasteiger partial charge is 0.354 e. The summed E-state index contributed by atoms with van der Waals surface area (Å²) < 4.78 is 0. The first-order valence-corrected chi connectivity index (χ1v) is 9.92. The highest BCUT2D eigenvalue weighted by Crippen LogP contribution is 2.27. The van der Waals surface area contributed by atoms with E-state index >= 15 is 0 Å². The van der Waals surface area contributed by atoms with Crippen LogP contribution in [0.1, 0.15) is 33.1 Å². The lowest BCUT2D eigenvalue weighted by atomic mass is 10.2. The Bertz CT molecular complexity index is 737. The predicted octanol–water partition coefficient (Wildman–Crippen LogP) is 2.03. The molecule has 26 heavy (non-hydrogen) atoms. The smallest absolute Gasteiger partial charge is 0.223 e. The molecule has 1 fully saturated rings. The summed E-state index contributed by atoms with van der Waals surface area (Å²) in [6.07, 6.45) is 3.20. The summed E-state index contributed by atoms with van der Waals surface area (Å²) in [6.45, 7) is 6.83. The van der Waals surface area contributed by atoms with E-state index in [1.54, 1.807) is 17.5 Å². The number of hydrogen-bond donors (Lipinski definition) is 1. The molecule has 0 bridgehead atoms. The molecule has 0 spiro atoms. The van der Waals surface area contributed by atoms with Crippen LogP contribution in [0.2, 0.25) is 0 Å². The third-order valence-electron chi connectivity index (χ3n) is 4.64. The minimum atomic E-state index is -0.0479. The molecule has 2 amide bonds. The number of amides is 2. The van der Waals surface area contributed by atoms with E-state index in [1.165, 1.54) is 0 Å². The Labute approximate surface area is 157 Å². The van der Waals surface area contributed by atoms with Crippen molar-refractivity contribution >= 4 is 38.6 Å². The zero-order valence-corrected chi connectivity index (χ0v) is 16.1. The molecule has 1 atom stereocenters. The summed E-state index contributed by atoms with van der Waals surface area (Å²) in [4.78, 5) is 38.1. The van der Waals surface area contributed by atoms with Crippen molar-refractivity contribution in [2.24, 2.45) is 0 Å². The molecule has 140 valence electrons. The van der Waals surface area contributed by atoms with Crippen LogP contribution >= 0.6 is 11.3 Å². The second-order valence-corrected chi connectivity index (χ2v) is 7.52. The fourth-order valence-corrected chi connectivity index (χ4v) is 3.83. The number of nitrogens with one attached hydrogen (secondary N) is 1. The van der Waals surface area contributed by atoms with Gasteiger partial charge in [0.1, 0.15) is 10.3 Å². The maximum absolute atomic E-state index is 12.3. The van der Waals surface area contributed by atoms with Gasteiger partial charge in [-0.3, -0.25) is 9.59 Å². The molecule has 1 N–H and O–H groups in total. The van der Waals surface area contributed by atoms with Crippen LogP contribution in [0.3, 0.4) is 0 Å². The molecule has 2 aromatic rings. The Hall–Kier alpha value is -2.22. The van der Waals surface area contributed by atoms with E-state index in [4.69, 9.17) is 0 Å². The van der Waals surface area contributed by atoms with Gasteiger partial charge in [-0.1, -0.05) is 18.3 Å². The summed E-state index contributed by atoms with van der Waals surface area (Å²) >= 11 is 1.58. The van der Waals surface area contributed by atoms with Crippen molar-refractivity contribution in [1.82, 2.24) is 20.2 Å². The van der Waals surface area contributed by atoms with Gasteiger partial charge in [0, 0.05) is 51.3 Å². The van der Waals surface area contributed by atoms with E-state index in [-0.39, 0.29) is 30.7 Å². The number of rotatable bonds is 6. The number of pyridine rings is 1. The van der Waals surface area contributed by atoms with Crippen LogP contribution in [0.25, 0.3) is 10.3 Å². The van der Waals surface area contributed by atoms with Crippen molar-refractivity contribution in [3.63, 3.8) is 0 Å². The first-order valence-electron chi connectivity index (χ1n) is 9.10. The number of thiazole rings is 1. The molecule has 0 saturated carbocycles. The minimum Gasteiger partial charge on any atom is -0.354 e. The molecule has 1 aliphatic heterocycles. The zero-order chi connectivity index (χ0) is 18.5. The van der Waals surface area contributed by atoms with Crippen LogP contribution in [0.15, 0.2) is 18.3 Å². The maximum atomic E-state index is 12.3. The van der Waals surface area contributed by atoms with Crippen LogP contribution < -0.4 is 10.2 Å². The number of hydrogen-bond acceptors (Lipinski definition) is 6. The Morgan fingerprint density at radius 3 is 2.73 bits per heavy atom. The SMILES string of the molecule is CCC(C)NC(=O)CCC(=O)N1CCN(c2nc3cccnc3s2)CC1. The van der Waals surface area contributed by atoms with Crippen molar-refractivity contribution in [2.75, 3.05) is 31.1 Å². The van der Waals surface area contributed by atoms with E-state index < -0.39 is 0 Å². The highest BCUT2D eigenvalue weighted by atomic mass is 32.1. The fraction of sp³-hybridized carbons (Fsp3) is 0.556. The molecule has 2 aromatic heterocycles. The summed E-state index contributed by atoms with van der Waals surface area (Å²) in [6, 6.07) is 4.01. The third kappa shape index (κ3) is 4.49. The van der Waals surface area contributed by atoms with Gasteiger partial charge in [-0.25, -0.2) is 9.97 Å². The molecule has 1 saturated heterocycles. The lowest BCUT2D eigenvalue weighted by Crippen LogP contribution is -2.49. The molecule has 0 aliphatic carbocycles. The van der Waals surface area contributed by atoms with Gasteiger partial charge in [0.05, 0.1) is 0 Å². The molecule has 1 aliphatic rings. The number of fused-ring (bicyclic) bond motifs is 1. The van der Waals surface area contributed by atoms with Crippen molar-refractivity contribution in [3.05, 3.63) is 18.3 Å². The average Bonchev–Trinajstić information content (AvgIpc) is 3.10. The van der Waals surface area contributed by atoms with Crippen LogP contribution in [0, 0.1) is 0 Å². The lowest BCUT2D eigenvalue weighted by molar-refractivity contribution is -0.134. The molecular formula is C18H25N5O2S. The first-order chi connectivity index (χ1) is 12.6. The van der Waals surface area contributed by atoms with Gasteiger partial charge in [-0.2, -0.15) is 0 Å². The Balaban J connectivity index is 1.47. The standard InChI is InChI=1S/C18H25N5O2S/c1-3-13(2)20-15(24)6-7-16(25)22-9-11-23(12-10-22)18-21-14-5-4-8-19-17(14)26-18/h4-5,8,13H,3,6-7,9-12H2,1-2H3,(H,20,24).